The van der Waals surface area contributed by atoms with E-state index in [0.29, 0.717) is 6.42 Å². The Bertz CT molecular complexity index is 932. The van der Waals surface area contributed by atoms with Crippen molar-refractivity contribution in [3.05, 3.63) is 0 Å². The summed E-state index contributed by atoms with van der Waals surface area (Å²) in [6.45, 7) is 3.45. The molecule has 1 rings (SSSR count). The van der Waals surface area contributed by atoms with E-state index >= 15 is 0 Å². The van der Waals surface area contributed by atoms with E-state index in [1.54, 1.807) is 0 Å². The highest BCUT2D eigenvalue weighted by Gasteiger charge is 2.44. The third-order valence-electron chi connectivity index (χ3n) is 12.0. The van der Waals surface area contributed by atoms with E-state index in [9.17, 15) is 30.0 Å². The molecule has 1 saturated heterocycles. The van der Waals surface area contributed by atoms with Crippen molar-refractivity contribution in [1.29, 1.82) is 0 Å². The van der Waals surface area contributed by atoms with Crippen molar-refractivity contribution >= 4 is 11.9 Å². The molecule has 1 fully saturated rings. The fourth-order valence-electron chi connectivity index (χ4n) is 8.01. The minimum atomic E-state index is -1.59. The molecule has 1 heterocycles. The van der Waals surface area contributed by atoms with E-state index in [-0.39, 0.29) is 32.0 Å². The lowest BCUT2D eigenvalue weighted by atomic mass is 9.99. The third-order valence-corrected chi connectivity index (χ3v) is 12.0. The van der Waals surface area contributed by atoms with Gasteiger partial charge in [-0.2, -0.15) is 0 Å². The van der Waals surface area contributed by atoms with E-state index in [2.05, 4.69) is 13.8 Å². The van der Waals surface area contributed by atoms with Gasteiger partial charge in [0.2, 0.25) is 0 Å². The molecule has 0 aromatic rings. The van der Waals surface area contributed by atoms with Crippen molar-refractivity contribution in [2.24, 2.45) is 0 Å². The van der Waals surface area contributed by atoms with Crippen LogP contribution in [0.15, 0.2) is 0 Å². The zero-order valence-corrected chi connectivity index (χ0v) is 38.3. The maximum atomic E-state index is 12.8. The SMILES string of the molecule is CCCCCCCCCCCCCCCCCCCCCCCCCCC(=O)OC(COC(=O)CCCCCCCCCCCC)COC1OC(CO)C(O)C(O)C1O. The summed E-state index contributed by atoms with van der Waals surface area (Å²) >= 11 is 0. The molecule has 59 heavy (non-hydrogen) atoms. The van der Waals surface area contributed by atoms with Gasteiger partial charge in [-0.1, -0.05) is 219 Å². The van der Waals surface area contributed by atoms with Crippen molar-refractivity contribution < 1.29 is 49.0 Å². The number of unbranched alkanes of at least 4 members (excludes halogenated alkanes) is 32. The van der Waals surface area contributed by atoms with Gasteiger partial charge in [0.1, 0.15) is 31.0 Å². The average Bonchev–Trinajstić information content (AvgIpc) is 3.23. The number of hydrogen-bond donors (Lipinski definition) is 4. The van der Waals surface area contributed by atoms with Gasteiger partial charge in [-0.15, -0.1) is 0 Å². The van der Waals surface area contributed by atoms with Gasteiger partial charge in [0.15, 0.2) is 12.4 Å². The van der Waals surface area contributed by atoms with E-state index in [1.807, 2.05) is 0 Å². The standard InChI is InChI=1S/C49H94O10/c1-3-5-7-9-11-13-15-16-17-18-19-20-21-22-23-24-25-26-27-28-30-32-34-36-38-45(52)58-42(41-57-49-48(55)47(54)46(53)43(39-50)59-49)40-56-44(51)37-35-33-31-29-14-12-10-8-6-4-2/h42-43,46-50,53-55H,3-41H2,1-2H3. The van der Waals surface area contributed by atoms with E-state index < -0.39 is 49.4 Å². The van der Waals surface area contributed by atoms with Crippen molar-refractivity contribution in [2.45, 2.75) is 282 Å². The molecular formula is C49H94O10. The Morgan fingerprint density at radius 3 is 1.15 bits per heavy atom. The Balaban J connectivity index is 2.18. The Morgan fingerprint density at radius 1 is 0.458 bits per heavy atom. The van der Waals surface area contributed by atoms with Crippen LogP contribution in [0.1, 0.15) is 245 Å². The van der Waals surface area contributed by atoms with Crippen LogP contribution in [0.3, 0.4) is 0 Å². The van der Waals surface area contributed by atoms with Gasteiger partial charge in [0.05, 0.1) is 13.2 Å². The van der Waals surface area contributed by atoms with Crippen molar-refractivity contribution in [2.75, 3.05) is 19.8 Å². The summed E-state index contributed by atoms with van der Waals surface area (Å²) in [6, 6.07) is 0. The quantitative estimate of drug-likeness (QED) is 0.0345. The number of rotatable bonds is 43. The summed E-state index contributed by atoms with van der Waals surface area (Å²) in [5.74, 6) is -0.791. The summed E-state index contributed by atoms with van der Waals surface area (Å²) in [5.41, 5.74) is 0. The number of hydrogen-bond acceptors (Lipinski definition) is 10. The molecule has 0 aromatic carbocycles. The van der Waals surface area contributed by atoms with Gasteiger partial charge < -0.3 is 39.4 Å². The summed E-state index contributed by atoms with van der Waals surface area (Å²) < 4.78 is 22.2. The Labute approximate surface area is 361 Å². The monoisotopic (exact) mass is 843 g/mol. The van der Waals surface area contributed by atoms with Gasteiger partial charge in [-0.25, -0.2) is 0 Å². The molecule has 0 spiro atoms. The van der Waals surface area contributed by atoms with Gasteiger partial charge in [0.25, 0.3) is 0 Å². The van der Waals surface area contributed by atoms with Crippen LogP contribution in [0.4, 0.5) is 0 Å². The molecule has 0 amide bonds. The van der Waals surface area contributed by atoms with Crippen LogP contribution in [0.5, 0.6) is 0 Å². The fourth-order valence-corrected chi connectivity index (χ4v) is 8.01. The van der Waals surface area contributed by atoms with Crippen LogP contribution < -0.4 is 0 Å². The number of carbonyl (C=O) groups is 2. The first kappa shape index (κ1) is 55.7. The van der Waals surface area contributed by atoms with E-state index in [4.69, 9.17) is 18.9 Å². The molecule has 0 saturated carbocycles. The normalized spacial score (nSPS) is 19.9. The second-order valence-electron chi connectivity index (χ2n) is 17.6. The molecular weight excluding hydrogens is 749 g/mol. The molecule has 0 bridgehead atoms. The first-order chi connectivity index (χ1) is 28.8. The Kier molecular flexibility index (Phi) is 38.5. The molecule has 0 radical (unpaired) electrons. The summed E-state index contributed by atoms with van der Waals surface area (Å²) in [4.78, 5) is 25.3. The van der Waals surface area contributed by atoms with Crippen molar-refractivity contribution in [3.8, 4) is 0 Å². The van der Waals surface area contributed by atoms with Crippen molar-refractivity contribution in [3.63, 3.8) is 0 Å². The van der Waals surface area contributed by atoms with Gasteiger partial charge in [-0.05, 0) is 12.8 Å². The molecule has 0 aromatic heterocycles. The fraction of sp³-hybridized carbons (Fsp3) is 0.959. The second-order valence-corrected chi connectivity index (χ2v) is 17.6. The molecule has 1 aliphatic heterocycles. The van der Waals surface area contributed by atoms with E-state index in [0.717, 1.165) is 32.1 Å². The number of aliphatic hydroxyl groups is 4. The zero-order valence-electron chi connectivity index (χ0n) is 38.3. The Hall–Kier alpha value is -1.30. The van der Waals surface area contributed by atoms with Gasteiger partial charge >= 0.3 is 11.9 Å². The summed E-state index contributed by atoms with van der Waals surface area (Å²) in [5, 5.41) is 40.1. The first-order valence-corrected chi connectivity index (χ1v) is 25.1. The number of ether oxygens (including phenoxy) is 4. The lowest BCUT2D eigenvalue weighted by Gasteiger charge is -2.39. The molecule has 1 aliphatic rings. The van der Waals surface area contributed by atoms with Crippen LogP contribution in [-0.4, -0.2) is 89.0 Å². The van der Waals surface area contributed by atoms with Crippen LogP contribution in [0.2, 0.25) is 0 Å². The summed E-state index contributed by atoms with van der Waals surface area (Å²) in [7, 11) is 0. The first-order valence-electron chi connectivity index (χ1n) is 25.1. The highest BCUT2D eigenvalue weighted by atomic mass is 16.7. The Morgan fingerprint density at radius 2 is 0.797 bits per heavy atom. The molecule has 0 aliphatic carbocycles. The topological polar surface area (TPSA) is 152 Å². The highest BCUT2D eigenvalue weighted by Crippen LogP contribution is 2.23. The predicted molar refractivity (Wildman–Crippen MR) is 238 cm³/mol. The average molecular weight is 843 g/mol. The molecule has 4 N–H and O–H groups in total. The lowest BCUT2D eigenvalue weighted by molar-refractivity contribution is -0.305. The van der Waals surface area contributed by atoms with Crippen molar-refractivity contribution in [1.82, 2.24) is 0 Å². The number of carbonyl (C=O) groups excluding carboxylic acids is 2. The van der Waals surface area contributed by atoms with E-state index in [1.165, 1.54) is 180 Å². The summed E-state index contributed by atoms with van der Waals surface area (Å²) in [6.07, 6.45) is 35.6. The smallest absolute Gasteiger partial charge is 0.306 e. The van der Waals surface area contributed by atoms with Gasteiger partial charge in [0, 0.05) is 12.8 Å². The highest BCUT2D eigenvalue weighted by molar-refractivity contribution is 5.70. The predicted octanol–water partition coefficient (Wildman–Crippen LogP) is 11.3. The lowest BCUT2D eigenvalue weighted by Crippen LogP contribution is -2.59. The molecule has 10 heteroatoms. The number of esters is 2. The van der Waals surface area contributed by atoms with Gasteiger partial charge in [-0.3, -0.25) is 9.59 Å². The second kappa shape index (κ2) is 40.8. The third kappa shape index (κ3) is 32.1. The number of aliphatic hydroxyl groups excluding tert-OH is 4. The van der Waals surface area contributed by atoms with Crippen LogP contribution >= 0.6 is 0 Å². The maximum Gasteiger partial charge on any atom is 0.306 e. The minimum Gasteiger partial charge on any atom is -0.462 e. The zero-order chi connectivity index (χ0) is 43.0. The largest absolute Gasteiger partial charge is 0.462 e. The molecule has 350 valence electrons. The molecule has 6 atom stereocenters. The van der Waals surface area contributed by atoms with Crippen LogP contribution in [0, 0.1) is 0 Å². The minimum absolute atomic E-state index is 0.209. The van der Waals surface area contributed by atoms with Crippen LogP contribution in [-0.2, 0) is 28.5 Å². The van der Waals surface area contributed by atoms with Crippen LogP contribution in [0.25, 0.3) is 0 Å². The maximum absolute atomic E-state index is 12.8. The molecule has 6 unspecified atom stereocenters. The molecule has 10 nitrogen and oxygen atoms in total.